The predicted molar refractivity (Wildman–Crippen MR) is 208 cm³/mol. The molecule has 52 heavy (non-hydrogen) atoms. The van der Waals surface area contributed by atoms with Gasteiger partial charge in [0.2, 0.25) is 5.91 Å². The highest BCUT2D eigenvalue weighted by atomic mass is 35.5. The van der Waals surface area contributed by atoms with E-state index in [9.17, 15) is 18.6 Å². The number of piperidine rings is 1. The number of esters is 2. The molecule has 4 heterocycles. The molecule has 284 valence electrons. The number of amides is 1. The molecule has 6 rings (SSSR count). The highest BCUT2D eigenvalue weighted by molar-refractivity contribution is 7.85. The molecule has 15 heteroatoms. The average Bonchev–Trinajstić information content (AvgIpc) is 3.31. The standard InChI is InChI=1S/C37H44Cl2N4O6S.2ClH/c1-41-23-12-13-24(41)21-25(20-23)42-15-17-43(18-16-42)31(44)22-30-34(37(46)49-3)35(32-27(38)10-7-11-28(32)39)33(36(45)48-2)29(40-30)14-19-50(47)26-8-5-4-6-9-26;;/h4-11,23-25,35,40H,12-22H2,1-3H3;2*1H. The van der Waals surface area contributed by atoms with Crippen LogP contribution in [0.3, 0.4) is 0 Å². The van der Waals surface area contributed by atoms with E-state index in [1.54, 1.807) is 30.3 Å². The Bertz CT molecular complexity index is 1680. The Morgan fingerprint density at radius 1 is 0.808 bits per heavy atom. The van der Waals surface area contributed by atoms with Crippen molar-refractivity contribution in [1.29, 1.82) is 0 Å². The summed E-state index contributed by atoms with van der Waals surface area (Å²) >= 11 is 13.5. The molecule has 10 nitrogen and oxygen atoms in total. The smallest absolute Gasteiger partial charge is 0.336 e. The molecule has 4 aliphatic rings. The monoisotopic (exact) mass is 814 g/mol. The van der Waals surface area contributed by atoms with Crippen molar-refractivity contribution in [2.24, 2.45) is 0 Å². The van der Waals surface area contributed by atoms with Crippen molar-refractivity contribution < 1.29 is 28.1 Å². The predicted octanol–water partition coefficient (Wildman–Crippen LogP) is 5.74. The summed E-state index contributed by atoms with van der Waals surface area (Å²) in [7, 11) is 3.33. The fourth-order valence-corrected chi connectivity index (χ4v) is 9.79. The minimum Gasteiger partial charge on any atom is -0.466 e. The molecule has 0 aliphatic carbocycles. The van der Waals surface area contributed by atoms with Gasteiger partial charge in [-0.2, -0.15) is 0 Å². The van der Waals surface area contributed by atoms with Gasteiger partial charge in [-0.15, -0.1) is 24.8 Å². The Kier molecular flexibility index (Phi) is 15.1. The Hall–Kier alpha value is -2.64. The number of halogens is 4. The molecule has 1 N–H and O–H groups in total. The molecule has 3 saturated heterocycles. The number of hydrogen-bond acceptors (Lipinski definition) is 9. The second-order valence-corrected chi connectivity index (χ2v) is 15.7. The van der Waals surface area contributed by atoms with Crippen LogP contribution in [0.1, 0.15) is 50.0 Å². The van der Waals surface area contributed by atoms with Crippen molar-refractivity contribution in [1.82, 2.24) is 20.0 Å². The second kappa shape index (κ2) is 18.6. The SMILES string of the molecule is COC(=O)C1=C(CCS(=O)c2ccccc2)NC(CC(=O)N2CCN(C3CC4CCC(C3)N4C)CC2)=C(C(=O)OC)C1c1c(Cl)cccc1Cl.Cl.Cl. The molecule has 0 aromatic heterocycles. The lowest BCUT2D eigenvalue weighted by Crippen LogP contribution is -2.56. The van der Waals surface area contributed by atoms with Crippen LogP contribution in [0.2, 0.25) is 10.0 Å². The van der Waals surface area contributed by atoms with E-state index in [0.29, 0.717) is 47.4 Å². The molecular weight excluding hydrogens is 770 g/mol. The van der Waals surface area contributed by atoms with Crippen molar-refractivity contribution in [2.75, 3.05) is 53.2 Å². The highest BCUT2D eigenvalue weighted by Gasteiger charge is 2.43. The third kappa shape index (κ3) is 8.83. The van der Waals surface area contributed by atoms with E-state index in [2.05, 4.69) is 22.2 Å². The van der Waals surface area contributed by atoms with Crippen LogP contribution in [-0.2, 0) is 34.7 Å². The maximum absolute atomic E-state index is 14.0. The van der Waals surface area contributed by atoms with Gasteiger partial charge in [-0.3, -0.25) is 13.9 Å². The number of benzene rings is 2. The molecule has 4 aliphatic heterocycles. The number of nitrogens with one attached hydrogen (secondary N) is 1. The molecule has 2 bridgehead atoms. The number of piperazine rings is 1. The number of ether oxygens (including phenoxy) is 2. The third-order valence-corrected chi connectivity index (χ3v) is 12.8. The molecule has 0 saturated carbocycles. The van der Waals surface area contributed by atoms with Crippen molar-refractivity contribution in [3.8, 4) is 0 Å². The van der Waals surface area contributed by atoms with Gasteiger partial charge in [0.1, 0.15) is 0 Å². The second-order valence-electron chi connectivity index (χ2n) is 13.3. The molecular formula is C37H46Cl4N4O6S. The van der Waals surface area contributed by atoms with Gasteiger partial charge in [0.05, 0.1) is 48.5 Å². The van der Waals surface area contributed by atoms with Crippen LogP contribution in [0.4, 0.5) is 0 Å². The number of carbonyl (C=O) groups excluding carboxylic acids is 3. The summed E-state index contributed by atoms with van der Waals surface area (Å²) in [6, 6.07) is 15.8. The Morgan fingerprint density at radius 3 is 1.92 bits per heavy atom. The molecule has 2 aromatic carbocycles. The lowest BCUT2D eigenvalue weighted by atomic mass is 9.79. The van der Waals surface area contributed by atoms with Gasteiger partial charge in [-0.05, 0) is 63.4 Å². The summed E-state index contributed by atoms with van der Waals surface area (Å²) in [5, 5.41) is 3.71. The van der Waals surface area contributed by atoms with Crippen LogP contribution in [0.15, 0.2) is 76.0 Å². The number of hydrogen-bond donors (Lipinski definition) is 1. The van der Waals surface area contributed by atoms with Crippen molar-refractivity contribution in [3.63, 3.8) is 0 Å². The normalized spacial score (nSPS) is 24.0. The zero-order valence-electron chi connectivity index (χ0n) is 29.5. The van der Waals surface area contributed by atoms with Crippen molar-refractivity contribution in [3.05, 3.63) is 86.7 Å². The van der Waals surface area contributed by atoms with Gasteiger partial charge in [0.25, 0.3) is 0 Å². The number of rotatable bonds is 10. The lowest BCUT2D eigenvalue weighted by molar-refractivity contribution is -0.137. The number of dihydropyridines is 1. The van der Waals surface area contributed by atoms with Crippen LogP contribution < -0.4 is 5.32 Å². The number of carbonyl (C=O) groups is 3. The maximum Gasteiger partial charge on any atom is 0.336 e. The molecule has 0 radical (unpaired) electrons. The molecule has 2 aromatic rings. The van der Waals surface area contributed by atoms with Gasteiger partial charge in [-0.1, -0.05) is 47.5 Å². The minimum atomic E-state index is -1.40. The van der Waals surface area contributed by atoms with E-state index in [4.69, 9.17) is 32.7 Å². The highest BCUT2D eigenvalue weighted by Crippen LogP contribution is 2.46. The summed E-state index contributed by atoms with van der Waals surface area (Å²) in [5.41, 5.74) is 1.10. The summed E-state index contributed by atoms with van der Waals surface area (Å²) in [6.45, 7) is 2.73. The molecule has 3 fully saturated rings. The van der Waals surface area contributed by atoms with Crippen molar-refractivity contribution >= 4 is 76.7 Å². The van der Waals surface area contributed by atoms with Crippen LogP contribution >= 0.6 is 48.0 Å². The van der Waals surface area contributed by atoms with E-state index >= 15 is 0 Å². The lowest BCUT2D eigenvalue weighted by Gasteiger charge is -2.45. The van der Waals surface area contributed by atoms with Gasteiger partial charge in [0.15, 0.2) is 0 Å². The Labute approximate surface area is 330 Å². The van der Waals surface area contributed by atoms with E-state index in [-0.39, 0.29) is 76.2 Å². The third-order valence-electron chi connectivity index (χ3n) is 10.8. The van der Waals surface area contributed by atoms with Gasteiger partial charge >= 0.3 is 11.9 Å². The number of methoxy groups -OCH3 is 2. The number of nitrogens with zero attached hydrogens (tertiary/aromatic N) is 3. The van der Waals surface area contributed by atoms with E-state index in [0.717, 1.165) is 13.1 Å². The zero-order valence-corrected chi connectivity index (χ0v) is 33.4. The Morgan fingerprint density at radius 2 is 1.37 bits per heavy atom. The largest absolute Gasteiger partial charge is 0.466 e. The topological polar surface area (TPSA) is 108 Å². The maximum atomic E-state index is 14.0. The summed E-state index contributed by atoms with van der Waals surface area (Å²) in [4.78, 5) is 48.9. The Balaban J connectivity index is 0.00000302. The zero-order chi connectivity index (χ0) is 35.5. The van der Waals surface area contributed by atoms with Gasteiger partial charge in [0, 0.05) is 82.0 Å². The summed E-state index contributed by atoms with van der Waals surface area (Å²) in [6.07, 6.45) is 4.85. The quantitative estimate of drug-likeness (QED) is 0.301. The van der Waals surface area contributed by atoms with E-state index < -0.39 is 28.7 Å². The van der Waals surface area contributed by atoms with Crippen LogP contribution in [0.25, 0.3) is 0 Å². The fraction of sp³-hybridized carbons (Fsp3) is 0.486. The van der Waals surface area contributed by atoms with Crippen LogP contribution in [-0.4, -0.2) is 108 Å². The molecule has 4 unspecified atom stereocenters. The first-order chi connectivity index (χ1) is 24.1. The van der Waals surface area contributed by atoms with Gasteiger partial charge in [-0.25, -0.2) is 9.59 Å². The average molecular weight is 817 g/mol. The summed E-state index contributed by atoms with van der Waals surface area (Å²) in [5.74, 6) is -2.57. The van der Waals surface area contributed by atoms with Crippen molar-refractivity contribution in [2.45, 2.75) is 67.5 Å². The number of fused-ring (bicyclic) bond motifs is 2. The number of allylic oxidation sites excluding steroid dienone is 1. The first-order valence-electron chi connectivity index (χ1n) is 17.1. The van der Waals surface area contributed by atoms with Gasteiger partial charge < -0.3 is 24.6 Å². The van der Waals surface area contributed by atoms with Crippen LogP contribution in [0, 0.1) is 0 Å². The van der Waals surface area contributed by atoms with E-state index in [1.807, 2.05) is 23.1 Å². The molecule has 1 amide bonds. The first-order valence-corrected chi connectivity index (χ1v) is 19.2. The summed E-state index contributed by atoms with van der Waals surface area (Å²) < 4.78 is 23.8. The minimum absolute atomic E-state index is 0. The van der Waals surface area contributed by atoms with Crippen LogP contribution in [0.5, 0.6) is 0 Å². The fourth-order valence-electron chi connectivity index (χ4n) is 8.09. The first kappa shape index (κ1) is 42.1. The molecule has 0 spiro atoms. The molecule has 4 atom stereocenters. The van der Waals surface area contributed by atoms with E-state index in [1.165, 1.54) is 39.9 Å².